The van der Waals surface area contributed by atoms with Gasteiger partial charge in [-0.05, 0) is 23.3 Å². The van der Waals surface area contributed by atoms with Gasteiger partial charge in [0.05, 0.1) is 6.42 Å². The smallest absolute Gasteiger partial charge is 0.311 e. The molecule has 0 N–H and O–H groups in total. The van der Waals surface area contributed by atoms with Gasteiger partial charge in [-0.25, -0.2) is 0 Å². The Hall–Kier alpha value is -2.89. The largest absolute Gasteiger partial charge is 0.452 e. The summed E-state index contributed by atoms with van der Waals surface area (Å²) in [6, 6.07) is 13.7. The summed E-state index contributed by atoms with van der Waals surface area (Å²) in [4.78, 5) is 39.6. The zero-order valence-electron chi connectivity index (χ0n) is 15.7. The first-order valence-corrected chi connectivity index (χ1v) is 9.16. The van der Waals surface area contributed by atoms with E-state index in [0.717, 1.165) is 16.3 Å². The fourth-order valence-electron chi connectivity index (χ4n) is 3.39. The average Bonchev–Trinajstić information content (AvgIpc) is 2.67. The maximum absolute atomic E-state index is 12.5. The third-order valence-corrected chi connectivity index (χ3v) is 4.91. The minimum Gasteiger partial charge on any atom is -0.452 e. The summed E-state index contributed by atoms with van der Waals surface area (Å²) in [7, 11) is 0. The van der Waals surface area contributed by atoms with Crippen molar-refractivity contribution in [3.05, 3.63) is 48.0 Å². The number of rotatable bonds is 4. The highest BCUT2D eigenvalue weighted by Crippen LogP contribution is 2.19. The Morgan fingerprint density at radius 1 is 0.963 bits per heavy atom. The van der Waals surface area contributed by atoms with Crippen LogP contribution in [0.2, 0.25) is 0 Å². The summed E-state index contributed by atoms with van der Waals surface area (Å²) >= 11 is 0. The quantitative estimate of drug-likeness (QED) is 0.775. The fraction of sp³-hybridized carbons (Fsp3) is 0.381. The monoisotopic (exact) mass is 368 g/mol. The molecule has 6 nitrogen and oxygen atoms in total. The molecule has 0 radical (unpaired) electrons. The fourth-order valence-corrected chi connectivity index (χ4v) is 3.39. The van der Waals surface area contributed by atoms with Crippen LogP contribution < -0.4 is 0 Å². The number of fused-ring (bicyclic) bond motifs is 1. The molecule has 1 atom stereocenters. The first-order valence-electron chi connectivity index (χ1n) is 9.16. The molecule has 0 aliphatic carbocycles. The van der Waals surface area contributed by atoms with Crippen LogP contribution in [0.25, 0.3) is 10.8 Å². The van der Waals surface area contributed by atoms with E-state index in [2.05, 4.69) is 0 Å². The predicted molar refractivity (Wildman–Crippen MR) is 102 cm³/mol. The zero-order chi connectivity index (χ0) is 19.4. The number of esters is 1. The van der Waals surface area contributed by atoms with Crippen molar-refractivity contribution < 1.29 is 19.1 Å². The Bertz CT molecular complexity index is 851. The molecule has 2 amide bonds. The molecule has 2 aromatic carbocycles. The van der Waals surface area contributed by atoms with Gasteiger partial charge in [0.15, 0.2) is 6.10 Å². The minimum atomic E-state index is -0.837. The van der Waals surface area contributed by atoms with E-state index in [-0.39, 0.29) is 18.2 Å². The van der Waals surface area contributed by atoms with Crippen LogP contribution in [0.4, 0.5) is 0 Å². The van der Waals surface area contributed by atoms with E-state index in [9.17, 15) is 14.4 Å². The van der Waals surface area contributed by atoms with Crippen molar-refractivity contribution in [3.63, 3.8) is 0 Å². The van der Waals surface area contributed by atoms with Crippen LogP contribution in [-0.2, 0) is 25.5 Å². The molecule has 1 aliphatic heterocycles. The highest BCUT2D eigenvalue weighted by molar-refractivity contribution is 5.90. The Morgan fingerprint density at radius 3 is 2.30 bits per heavy atom. The van der Waals surface area contributed by atoms with Gasteiger partial charge in [0.1, 0.15) is 0 Å². The number of nitrogens with zero attached hydrogens (tertiary/aromatic N) is 2. The maximum Gasteiger partial charge on any atom is 0.311 e. The summed E-state index contributed by atoms with van der Waals surface area (Å²) < 4.78 is 5.38. The van der Waals surface area contributed by atoms with Crippen molar-refractivity contribution in [3.8, 4) is 0 Å². The molecule has 2 aromatic rings. The molecule has 0 aromatic heterocycles. The molecule has 0 saturated carbocycles. The SMILES string of the molecule is CC(=O)N1CCN(C(=O)[C@@H](C)OC(=O)Cc2cccc3ccccc23)CC1. The van der Waals surface area contributed by atoms with Gasteiger partial charge in [0, 0.05) is 33.1 Å². The van der Waals surface area contributed by atoms with Crippen molar-refractivity contribution in [1.29, 1.82) is 0 Å². The van der Waals surface area contributed by atoms with Gasteiger partial charge in [0.25, 0.3) is 5.91 Å². The summed E-state index contributed by atoms with van der Waals surface area (Å²) in [5, 5.41) is 2.08. The second-order valence-corrected chi connectivity index (χ2v) is 6.78. The molecule has 3 rings (SSSR count). The lowest BCUT2D eigenvalue weighted by atomic mass is 10.0. The van der Waals surface area contributed by atoms with E-state index < -0.39 is 12.1 Å². The van der Waals surface area contributed by atoms with Crippen LogP contribution in [-0.4, -0.2) is 59.9 Å². The first-order chi connectivity index (χ1) is 13.0. The molecule has 6 heteroatoms. The lowest BCUT2D eigenvalue weighted by Crippen LogP contribution is -2.52. The predicted octanol–water partition coefficient (Wildman–Crippen LogP) is 2.00. The molecule has 0 unspecified atom stereocenters. The molecular formula is C21H24N2O4. The van der Waals surface area contributed by atoms with E-state index in [4.69, 9.17) is 4.74 Å². The molecule has 1 aliphatic rings. The van der Waals surface area contributed by atoms with Crippen LogP contribution in [0.3, 0.4) is 0 Å². The summed E-state index contributed by atoms with van der Waals surface area (Å²) in [6.45, 7) is 5.07. The highest BCUT2D eigenvalue weighted by Gasteiger charge is 2.27. The van der Waals surface area contributed by atoms with Crippen molar-refractivity contribution in [2.75, 3.05) is 26.2 Å². The van der Waals surface area contributed by atoms with Gasteiger partial charge in [-0.2, -0.15) is 0 Å². The van der Waals surface area contributed by atoms with Gasteiger partial charge in [-0.15, -0.1) is 0 Å². The summed E-state index contributed by atoms with van der Waals surface area (Å²) in [6.07, 6.45) is -0.715. The minimum absolute atomic E-state index is 0.0108. The van der Waals surface area contributed by atoms with Crippen LogP contribution in [0.15, 0.2) is 42.5 Å². The lowest BCUT2D eigenvalue weighted by molar-refractivity contribution is -0.159. The molecule has 0 bridgehead atoms. The second-order valence-electron chi connectivity index (χ2n) is 6.78. The Labute approximate surface area is 158 Å². The summed E-state index contributed by atoms with van der Waals surface area (Å²) in [5.74, 6) is -0.629. The van der Waals surface area contributed by atoms with Gasteiger partial charge in [0.2, 0.25) is 5.91 Å². The van der Waals surface area contributed by atoms with Crippen molar-refractivity contribution >= 4 is 28.6 Å². The summed E-state index contributed by atoms with van der Waals surface area (Å²) in [5.41, 5.74) is 0.882. The first kappa shape index (κ1) is 18.9. The van der Waals surface area contributed by atoms with E-state index in [0.29, 0.717) is 26.2 Å². The molecule has 1 fully saturated rings. The average molecular weight is 368 g/mol. The number of ether oxygens (including phenoxy) is 1. The third kappa shape index (κ3) is 4.45. The van der Waals surface area contributed by atoms with Gasteiger partial charge < -0.3 is 14.5 Å². The maximum atomic E-state index is 12.5. The normalized spacial score (nSPS) is 15.5. The number of benzene rings is 2. The standard InChI is InChI=1S/C21H24N2O4/c1-15(21(26)23-12-10-22(11-13-23)16(2)24)27-20(25)14-18-8-5-7-17-6-3-4-9-19(17)18/h3-9,15H,10-14H2,1-2H3/t15-/m1/s1. The molecule has 0 spiro atoms. The lowest BCUT2D eigenvalue weighted by Gasteiger charge is -2.35. The highest BCUT2D eigenvalue weighted by atomic mass is 16.5. The Morgan fingerprint density at radius 2 is 1.59 bits per heavy atom. The molecular weight excluding hydrogens is 344 g/mol. The number of amides is 2. The van der Waals surface area contributed by atoms with Crippen molar-refractivity contribution in [1.82, 2.24) is 9.80 Å². The number of hydrogen-bond donors (Lipinski definition) is 0. The van der Waals surface area contributed by atoms with Crippen LogP contribution >= 0.6 is 0 Å². The van der Waals surface area contributed by atoms with E-state index >= 15 is 0 Å². The van der Waals surface area contributed by atoms with Gasteiger partial charge in [-0.1, -0.05) is 42.5 Å². The van der Waals surface area contributed by atoms with Crippen LogP contribution in [0.5, 0.6) is 0 Å². The van der Waals surface area contributed by atoms with Crippen LogP contribution in [0, 0.1) is 0 Å². The van der Waals surface area contributed by atoms with Crippen LogP contribution in [0.1, 0.15) is 19.4 Å². The molecule has 1 saturated heterocycles. The Kier molecular flexibility index (Phi) is 5.74. The van der Waals surface area contributed by atoms with E-state index in [1.54, 1.807) is 16.7 Å². The number of piperazine rings is 1. The molecule has 27 heavy (non-hydrogen) atoms. The molecule has 1 heterocycles. The number of hydrogen-bond acceptors (Lipinski definition) is 4. The molecule has 142 valence electrons. The second kappa shape index (κ2) is 8.20. The Balaban J connectivity index is 1.57. The van der Waals surface area contributed by atoms with E-state index in [1.165, 1.54) is 6.92 Å². The topological polar surface area (TPSA) is 66.9 Å². The van der Waals surface area contributed by atoms with Gasteiger partial charge >= 0.3 is 5.97 Å². The van der Waals surface area contributed by atoms with E-state index in [1.807, 2.05) is 42.5 Å². The van der Waals surface area contributed by atoms with Gasteiger partial charge in [-0.3, -0.25) is 14.4 Å². The number of carbonyl (C=O) groups is 3. The van der Waals surface area contributed by atoms with Crippen molar-refractivity contribution in [2.24, 2.45) is 0 Å². The van der Waals surface area contributed by atoms with Crippen molar-refractivity contribution in [2.45, 2.75) is 26.4 Å². The number of carbonyl (C=O) groups excluding carboxylic acids is 3. The zero-order valence-corrected chi connectivity index (χ0v) is 15.7. The third-order valence-electron chi connectivity index (χ3n) is 4.91.